The summed E-state index contributed by atoms with van der Waals surface area (Å²) in [7, 11) is 0. The smallest absolute Gasteiger partial charge is 0.0647 e. The molecule has 0 fully saturated rings. The fraction of sp³-hybridized carbons (Fsp3) is 0.556. The lowest BCUT2D eigenvalue weighted by molar-refractivity contribution is 0.468. The molecule has 1 aromatic rings. The third-order valence-corrected chi connectivity index (χ3v) is 1.81. The molecule has 1 nitrogen and oxygen atoms in total. The summed E-state index contributed by atoms with van der Waals surface area (Å²) >= 11 is 0. The molecule has 0 aliphatic heterocycles. The summed E-state index contributed by atoms with van der Waals surface area (Å²) in [5, 5.41) is 0. The molecular weight excluding hydrogens is 122 g/mol. The van der Waals surface area contributed by atoms with Crippen molar-refractivity contribution in [1.29, 1.82) is 0 Å². The van der Waals surface area contributed by atoms with E-state index in [1.54, 1.807) is 0 Å². The molecule has 0 spiro atoms. The van der Waals surface area contributed by atoms with Crippen molar-refractivity contribution >= 4 is 0 Å². The maximum Gasteiger partial charge on any atom is 0.0647 e. The molecular formula is C9H14N. The first-order valence-corrected chi connectivity index (χ1v) is 3.85. The molecule has 1 rings (SSSR count). The van der Waals surface area contributed by atoms with E-state index >= 15 is 0 Å². The minimum Gasteiger partial charge on any atom is -0.346 e. The van der Waals surface area contributed by atoms with E-state index in [0.29, 0.717) is 0 Å². The van der Waals surface area contributed by atoms with Crippen LogP contribution in [0.15, 0.2) is 18.3 Å². The monoisotopic (exact) mass is 136 g/mol. The highest BCUT2D eigenvalue weighted by molar-refractivity contribution is 4.88. The van der Waals surface area contributed by atoms with Gasteiger partial charge in [0.2, 0.25) is 0 Å². The van der Waals surface area contributed by atoms with Crippen molar-refractivity contribution in [3.63, 3.8) is 0 Å². The van der Waals surface area contributed by atoms with E-state index in [9.17, 15) is 0 Å². The van der Waals surface area contributed by atoms with Gasteiger partial charge in [-0.3, -0.25) is 0 Å². The maximum atomic E-state index is 3.12. The second-order valence-electron chi connectivity index (χ2n) is 2.80. The Hall–Kier alpha value is -0.720. The van der Waals surface area contributed by atoms with Crippen LogP contribution >= 0.6 is 0 Å². The van der Waals surface area contributed by atoms with E-state index in [1.165, 1.54) is 6.42 Å². The molecule has 0 aliphatic carbocycles. The first kappa shape index (κ1) is 7.39. The zero-order valence-corrected chi connectivity index (χ0v) is 6.67. The number of hydrogen-bond donors (Lipinski definition) is 0. The van der Waals surface area contributed by atoms with Gasteiger partial charge < -0.3 is 4.57 Å². The first-order valence-electron chi connectivity index (χ1n) is 3.85. The molecule has 1 radical (unpaired) electrons. The summed E-state index contributed by atoms with van der Waals surface area (Å²) in [5.74, 6) is 0.767. The number of nitrogens with zero attached hydrogens (tertiary/aromatic N) is 1. The van der Waals surface area contributed by atoms with Crippen LogP contribution < -0.4 is 0 Å². The molecule has 1 heterocycles. The van der Waals surface area contributed by atoms with E-state index in [1.807, 2.05) is 12.1 Å². The summed E-state index contributed by atoms with van der Waals surface area (Å²) in [6, 6.07) is 3.96. The molecule has 0 saturated carbocycles. The highest BCUT2D eigenvalue weighted by atomic mass is 14.9. The number of hydrogen-bond acceptors (Lipinski definition) is 0. The van der Waals surface area contributed by atoms with E-state index in [-0.39, 0.29) is 0 Å². The lowest BCUT2D eigenvalue weighted by atomic mass is 10.1. The van der Waals surface area contributed by atoms with Gasteiger partial charge in [0, 0.05) is 12.7 Å². The van der Waals surface area contributed by atoms with Crippen LogP contribution in [0, 0.1) is 12.1 Å². The quantitative estimate of drug-likeness (QED) is 0.601. The molecule has 1 heteroatoms. The molecule has 0 aliphatic rings. The summed E-state index contributed by atoms with van der Waals surface area (Å²) in [6.07, 6.45) is 6.42. The number of rotatable bonds is 3. The highest BCUT2D eigenvalue weighted by Gasteiger charge is 1.97. The van der Waals surface area contributed by atoms with E-state index < -0.39 is 0 Å². The minimum atomic E-state index is 0.767. The van der Waals surface area contributed by atoms with Crippen molar-refractivity contribution in [2.75, 3.05) is 0 Å². The Labute approximate surface area is 62.7 Å². The largest absolute Gasteiger partial charge is 0.346 e. The van der Waals surface area contributed by atoms with Crippen molar-refractivity contribution in [2.45, 2.75) is 26.8 Å². The minimum absolute atomic E-state index is 0.767. The van der Waals surface area contributed by atoms with Crippen LogP contribution in [0.1, 0.15) is 20.3 Å². The lowest BCUT2D eigenvalue weighted by Gasteiger charge is -2.07. The Kier molecular flexibility index (Phi) is 2.55. The Balaban J connectivity index is 2.40. The second-order valence-corrected chi connectivity index (χ2v) is 2.80. The molecule has 1 atom stereocenters. The van der Waals surface area contributed by atoms with Crippen molar-refractivity contribution in [2.24, 2.45) is 5.92 Å². The van der Waals surface area contributed by atoms with Gasteiger partial charge in [0.25, 0.3) is 0 Å². The molecule has 0 saturated heterocycles. The van der Waals surface area contributed by atoms with E-state index in [4.69, 9.17) is 0 Å². The van der Waals surface area contributed by atoms with Crippen LogP contribution in [0.25, 0.3) is 0 Å². The van der Waals surface area contributed by atoms with Gasteiger partial charge in [0.15, 0.2) is 0 Å². The fourth-order valence-electron chi connectivity index (χ4n) is 0.907. The third kappa shape index (κ3) is 1.90. The average molecular weight is 136 g/mol. The summed E-state index contributed by atoms with van der Waals surface area (Å²) < 4.78 is 2.11. The van der Waals surface area contributed by atoms with Crippen LogP contribution in [-0.4, -0.2) is 4.57 Å². The summed E-state index contributed by atoms with van der Waals surface area (Å²) in [6.45, 7) is 5.57. The topological polar surface area (TPSA) is 4.93 Å². The average Bonchev–Trinajstić information content (AvgIpc) is 2.40. The zero-order valence-electron chi connectivity index (χ0n) is 6.67. The van der Waals surface area contributed by atoms with Crippen LogP contribution in [0.3, 0.4) is 0 Å². The van der Waals surface area contributed by atoms with Gasteiger partial charge in [-0.05, 0) is 18.1 Å². The van der Waals surface area contributed by atoms with Gasteiger partial charge in [-0.25, -0.2) is 0 Å². The van der Waals surface area contributed by atoms with Crippen LogP contribution in [0.4, 0.5) is 0 Å². The maximum absolute atomic E-state index is 3.12. The standard InChI is InChI=1S/C9H14N/c1-3-9(2)8-10-6-4-5-7-10/h4-6,9H,3,8H2,1-2H3. The molecule has 1 aromatic heterocycles. The molecule has 0 N–H and O–H groups in total. The van der Waals surface area contributed by atoms with Gasteiger partial charge in [-0.1, -0.05) is 20.3 Å². The zero-order chi connectivity index (χ0) is 7.40. The van der Waals surface area contributed by atoms with Gasteiger partial charge in [0.1, 0.15) is 0 Å². The van der Waals surface area contributed by atoms with Crippen molar-refractivity contribution in [3.8, 4) is 0 Å². The van der Waals surface area contributed by atoms with Gasteiger partial charge in [-0.15, -0.1) is 0 Å². The predicted molar refractivity (Wildman–Crippen MR) is 42.7 cm³/mol. The molecule has 55 valence electrons. The van der Waals surface area contributed by atoms with Crippen LogP contribution in [-0.2, 0) is 6.54 Å². The first-order chi connectivity index (χ1) is 4.83. The van der Waals surface area contributed by atoms with Gasteiger partial charge in [0.05, 0.1) is 6.20 Å². The van der Waals surface area contributed by atoms with Crippen LogP contribution in [0.5, 0.6) is 0 Å². The SMILES string of the molecule is CCC(C)Cn1[c]ccc1. The Morgan fingerprint density at radius 3 is 2.90 bits per heavy atom. The van der Waals surface area contributed by atoms with Crippen molar-refractivity contribution < 1.29 is 0 Å². The van der Waals surface area contributed by atoms with Gasteiger partial charge >= 0.3 is 0 Å². The van der Waals surface area contributed by atoms with E-state index in [0.717, 1.165) is 12.5 Å². The summed E-state index contributed by atoms with van der Waals surface area (Å²) in [4.78, 5) is 0. The molecule has 0 bridgehead atoms. The molecule has 0 aromatic carbocycles. The molecule has 0 amide bonds. The fourth-order valence-corrected chi connectivity index (χ4v) is 0.907. The Morgan fingerprint density at radius 2 is 2.40 bits per heavy atom. The summed E-state index contributed by atoms with van der Waals surface area (Å²) in [5.41, 5.74) is 0. The Bertz CT molecular complexity index is 165. The Morgan fingerprint density at radius 1 is 1.60 bits per heavy atom. The van der Waals surface area contributed by atoms with E-state index in [2.05, 4.69) is 30.8 Å². The molecule has 10 heavy (non-hydrogen) atoms. The lowest BCUT2D eigenvalue weighted by Crippen LogP contribution is -2.03. The van der Waals surface area contributed by atoms with Crippen molar-refractivity contribution in [3.05, 3.63) is 24.5 Å². The number of aromatic nitrogens is 1. The second kappa shape index (κ2) is 3.45. The highest BCUT2D eigenvalue weighted by Crippen LogP contribution is 2.03. The van der Waals surface area contributed by atoms with Crippen LogP contribution in [0.2, 0.25) is 0 Å². The molecule has 1 unspecified atom stereocenters. The van der Waals surface area contributed by atoms with Crippen molar-refractivity contribution in [1.82, 2.24) is 4.57 Å². The van der Waals surface area contributed by atoms with Gasteiger partial charge in [-0.2, -0.15) is 0 Å². The normalized spacial score (nSPS) is 13.4. The third-order valence-electron chi connectivity index (χ3n) is 1.81. The predicted octanol–water partition coefficient (Wildman–Crippen LogP) is 2.33.